The van der Waals surface area contributed by atoms with Crippen molar-refractivity contribution in [3.05, 3.63) is 71.5 Å². The number of aliphatic imine (C=N–C) groups is 1. The quantitative estimate of drug-likeness (QED) is 0.389. The second kappa shape index (κ2) is 9.58. The van der Waals surface area contributed by atoms with E-state index in [0.29, 0.717) is 12.5 Å². The molecule has 0 bridgehead atoms. The van der Waals surface area contributed by atoms with E-state index in [4.69, 9.17) is 4.42 Å². The van der Waals surface area contributed by atoms with E-state index in [1.807, 2.05) is 61.5 Å². The Bertz CT molecular complexity index is 1080. The highest BCUT2D eigenvalue weighted by molar-refractivity contribution is 7.89. The molecule has 3 rings (SSSR count). The maximum Gasteiger partial charge on any atom is 0.213 e. The van der Waals surface area contributed by atoms with Crippen LogP contribution in [0.4, 0.5) is 0 Å². The molecule has 0 aliphatic rings. The number of hydrogen-bond acceptors (Lipinski definition) is 4. The van der Waals surface area contributed by atoms with Crippen LogP contribution in [0.1, 0.15) is 16.9 Å². The molecule has 3 N–H and O–H groups in total. The van der Waals surface area contributed by atoms with Gasteiger partial charge in [-0.15, -0.1) is 0 Å². The fourth-order valence-corrected chi connectivity index (χ4v) is 3.85. The Morgan fingerprint density at radius 2 is 1.72 bits per heavy atom. The predicted octanol–water partition coefficient (Wildman–Crippen LogP) is 2.53. The number of aryl methyl sites for hydroxylation is 1. The Balaban J connectivity index is 1.47. The van der Waals surface area contributed by atoms with Gasteiger partial charge in [0.15, 0.2) is 5.96 Å². The van der Waals surface area contributed by atoms with Crippen molar-refractivity contribution >= 4 is 27.0 Å². The molecule has 1 heterocycles. The number of furan rings is 1. The number of fused-ring (bicyclic) bond motifs is 1. The van der Waals surface area contributed by atoms with Gasteiger partial charge in [0.1, 0.15) is 11.3 Å². The minimum atomic E-state index is -3.39. The van der Waals surface area contributed by atoms with Gasteiger partial charge in [-0.05, 0) is 18.6 Å². The third-order valence-corrected chi connectivity index (χ3v) is 5.91. The SMILES string of the molecule is CN=C(NCCS(=O)(=O)NCc1ccccc1)NCc1oc2ccccc2c1C. The maximum atomic E-state index is 12.2. The van der Waals surface area contributed by atoms with Gasteiger partial charge in [-0.25, -0.2) is 13.1 Å². The molecule has 0 aliphatic heterocycles. The average Bonchev–Trinajstić information content (AvgIpc) is 3.06. The summed E-state index contributed by atoms with van der Waals surface area (Å²) in [6.45, 7) is 2.99. The molecule has 2 aromatic carbocycles. The number of para-hydroxylation sites is 1. The van der Waals surface area contributed by atoms with E-state index in [1.54, 1.807) is 7.05 Å². The number of rotatable bonds is 8. The Morgan fingerprint density at radius 1 is 1.00 bits per heavy atom. The maximum absolute atomic E-state index is 12.2. The van der Waals surface area contributed by atoms with Gasteiger partial charge in [0.25, 0.3) is 0 Å². The van der Waals surface area contributed by atoms with Crippen LogP contribution in [0.3, 0.4) is 0 Å². The topological polar surface area (TPSA) is 95.7 Å². The summed E-state index contributed by atoms with van der Waals surface area (Å²) < 4.78 is 32.8. The lowest BCUT2D eigenvalue weighted by Crippen LogP contribution is -2.40. The van der Waals surface area contributed by atoms with Crippen molar-refractivity contribution in [3.63, 3.8) is 0 Å². The predicted molar refractivity (Wildman–Crippen MR) is 116 cm³/mol. The molecule has 0 unspecified atom stereocenters. The summed E-state index contributed by atoms with van der Waals surface area (Å²) in [4.78, 5) is 4.14. The van der Waals surface area contributed by atoms with E-state index < -0.39 is 10.0 Å². The first kappa shape index (κ1) is 20.9. The van der Waals surface area contributed by atoms with Gasteiger partial charge in [0.05, 0.1) is 12.3 Å². The van der Waals surface area contributed by atoms with Gasteiger partial charge in [-0.3, -0.25) is 4.99 Å². The first-order valence-corrected chi connectivity index (χ1v) is 11.1. The third kappa shape index (κ3) is 5.82. The summed E-state index contributed by atoms with van der Waals surface area (Å²) >= 11 is 0. The molecular weight excluding hydrogens is 388 g/mol. The molecule has 0 saturated heterocycles. The van der Waals surface area contributed by atoms with E-state index in [2.05, 4.69) is 20.3 Å². The lowest BCUT2D eigenvalue weighted by Gasteiger charge is -2.12. The molecule has 29 heavy (non-hydrogen) atoms. The largest absolute Gasteiger partial charge is 0.459 e. The Morgan fingerprint density at radius 3 is 2.45 bits per heavy atom. The van der Waals surface area contributed by atoms with Gasteiger partial charge in [-0.2, -0.15) is 0 Å². The minimum Gasteiger partial charge on any atom is -0.459 e. The fraction of sp³-hybridized carbons (Fsp3) is 0.286. The summed E-state index contributed by atoms with van der Waals surface area (Å²) in [6, 6.07) is 17.3. The van der Waals surface area contributed by atoms with Gasteiger partial charge in [0, 0.05) is 31.1 Å². The third-order valence-electron chi connectivity index (χ3n) is 4.58. The second-order valence-corrected chi connectivity index (χ2v) is 8.55. The number of hydrogen-bond donors (Lipinski definition) is 3. The van der Waals surface area contributed by atoms with Crippen LogP contribution in [0, 0.1) is 6.92 Å². The highest BCUT2D eigenvalue weighted by Crippen LogP contribution is 2.24. The van der Waals surface area contributed by atoms with Crippen LogP contribution in [-0.2, 0) is 23.1 Å². The minimum absolute atomic E-state index is 0.0514. The molecule has 0 fully saturated rings. The molecule has 8 heteroatoms. The van der Waals surface area contributed by atoms with Crippen LogP contribution in [0.5, 0.6) is 0 Å². The molecule has 0 saturated carbocycles. The normalized spacial score (nSPS) is 12.3. The van der Waals surface area contributed by atoms with Crippen molar-refractivity contribution in [2.75, 3.05) is 19.3 Å². The highest BCUT2D eigenvalue weighted by Gasteiger charge is 2.12. The van der Waals surface area contributed by atoms with E-state index in [0.717, 1.165) is 27.9 Å². The number of nitrogens with zero attached hydrogens (tertiary/aromatic N) is 1. The van der Waals surface area contributed by atoms with Crippen molar-refractivity contribution in [1.82, 2.24) is 15.4 Å². The Kier molecular flexibility index (Phi) is 6.90. The summed E-state index contributed by atoms with van der Waals surface area (Å²) in [5.74, 6) is 1.29. The molecule has 0 aliphatic carbocycles. The number of nitrogens with one attached hydrogen (secondary N) is 3. The van der Waals surface area contributed by atoms with E-state index in [9.17, 15) is 8.42 Å². The van der Waals surface area contributed by atoms with Gasteiger partial charge in [-0.1, -0.05) is 48.5 Å². The van der Waals surface area contributed by atoms with Crippen molar-refractivity contribution in [3.8, 4) is 0 Å². The van der Waals surface area contributed by atoms with Crippen LogP contribution in [0.15, 0.2) is 64.0 Å². The van der Waals surface area contributed by atoms with Crippen LogP contribution in [-0.4, -0.2) is 33.7 Å². The lowest BCUT2D eigenvalue weighted by molar-refractivity contribution is 0.534. The molecule has 3 aromatic rings. The lowest BCUT2D eigenvalue weighted by atomic mass is 10.1. The van der Waals surface area contributed by atoms with Crippen LogP contribution in [0.2, 0.25) is 0 Å². The zero-order valence-corrected chi connectivity index (χ0v) is 17.4. The van der Waals surface area contributed by atoms with Crippen LogP contribution in [0.25, 0.3) is 11.0 Å². The van der Waals surface area contributed by atoms with Gasteiger partial charge in [0.2, 0.25) is 10.0 Å². The number of sulfonamides is 1. The zero-order chi connectivity index (χ0) is 20.7. The average molecular weight is 415 g/mol. The van der Waals surface area contributed by atoms with Crippen molar-refractivity contribution in [1.29, 1.82) is 0 Å². The smallest absolute Gasteiger partial charge is 0.213 e. The van der Waals surface area contributed by atoms with Gasteiger partial charge < -0.3 is 15.1 Å². The second-order valence-electron chi connectivity index (χ2n) is 6.62. The fourth-order valence-electron chi connectivity index (χ4n) is 2.94. The van der Waals surface area contributed by atoms with Gasteiger partial charge >= 0.3 is 0 Å². The summed E-state index contributed by atoms with van der Waals surface area (Å²) in [5, 5.41) is 7.27. The molecule has 7 nitrogen and oxygen atoms in total. The molecular formula is C21H26N4O3S. The first-order chi connectivity index (χ1) is 14.0. The van der Waals surface area contributed by atoms with E-state index >= 15 is 0 Å². The van der Waals surface area contributed by atoms with E-state index in [-0.39, 0.29) is 18.8 Å². The number of benzene rings is 2. The van der Waals surface area contributed by atoms with Crippen molar-refractivity contribution < 1.29 is 12.8 Å². The molecule has 1 aromatic heterocycles. The van der Waals surface area contributed by atoms with Crippen LogP contribution < -0.4 is 15.4 Å². The summed E-state index contributed by atoms with van der Waals surface area (Å²) in [7, 11) is -1.75. The molecule has 0 radical (unpaired) electrons. The van der Waals surface area contributed by atoms with Crippen molar-refractivity contribution in [2.24, 2.45) is 4.99 Å². The number of guanidine groups is 1. The standard InChI is InChI=1S/C21H26N4O3S/c1-16-18-10-6-7-11-19(18)28-20(16)15-24-21(22-2)23-12-13-29(26,27)25-14-17-8-4-3-5-9-17/h3-11,25H,12-15H2,1-2H3,(H2,22,23,24). The Labute approximate surface area is 171 Å². The summed E-state index contributed by atoms with van der Waals surface area (Å²) in [6.07, 6.45) is 0. The molecule has 0 spiro atoms. The zero-order valence-electron chi connectivity index (χ0n) is 16.6. The molecule has 154 valence electrons. The van der Waals surface area contributed by atoms with Crippen LogP contribution >= 0.6 is 0 Å². The molecule has 0 amide bonds. The highest BCUT2D eigenvalue weighted by atomic mass is 32.2. The monoisotopic (exact) mass is 414 g/mol. The van der Waals surface area contributed by atoms with E-state index in [1.165, 1.54) is 0 Å². The van der Waals surface area contributed by atoms with Crippen molar-refractivity contribution in [2.45, 2.75) is 20.0 Å². The summed E-state index contributed by atoms with van der Waals surface area (Å²) in [5.41, 5.74) is 2.85. The Hall–Kier alpha value is -2.84. The molecule has 0 atom stereocenters. The first-order valence-electron chi connectivity index (χ1n) is 9.41.